The summed E-state index contributed by atoms with van der Waals surface area (Å²) in [6.45, 7) is 11.1. The molecule has 0 saturated carbocycles. The standard InChI is InChI=1S/C9H18N2/c1-8(9(2,3)4)11-6-5-10-7-11/h7-8H,5-6H2,1-4H3/t8-/m1/s1. The fraction of sp³-hybridized carbons (Fsp3) is 0.889. The summed E-state index contributed by atoms with van der Waals surface area (Å²) in [4.78, 5) is 6.52. The largest absolute Gasteiger partial charge is 0.358 e. The van der Waals surface area contributed by atoms with Crippen LogP contribution >= 0.6 is 0 Å². The van der Waals surface area contributed by atoms with Crippen molar-refractivity contribution in [2.75, 3.05) is 13.1 Å². The molecule has 2 heteroatoms. The molecule has 0 aromatic heterocycles. The summed E-state index contributed by atoms with van der Waals surface area (Å²) < 4.78 is 0. The zero-order chi connectivity index (χ0) is 8.48. The van der Waals surface area contributed by atoms with Crippen LogP contribution in [0.2, 0.25) is 0 Å². The SMILES string of the molecule is C[C@@H](N1C=NCC1)C(C)(C)C. The maximum Gasteiger partial charge on any atom is 0.0853 e. The van der Waals surface area contributed by atoms with Crippen LogP contribution in [0.1, 0.15) is 27.7 Å². The predicted octanol–water partition coefficient (Wildman–Crippen LogP) is 1.76. The predicted molar refractivity (Wildman–Crippen MR) is 49.0 cm³/mol. The third-order valence-electron chi connectivity index (χ3n) is 2.47. The summed E-state index contributed by atoms with van der Waals surface area (Å²) in [7, 11) is 0. The van der Waals surface area contributed by atoms with Crippen molar-refractivity contribution in [2.45, 2.75) is 33.7 Å². The van der Waals surface area contributed by atoms with Crippen LogP contribution < -0.4 is 0 Å². The van der Waals surface area contributed by atoms with Crippen molar-refractivity contribution in [3.05, 3.63) is 0 Å². The topological polar surface area (TPSA) is 15.6 Å². The summed E-state index contributed by atoms with van der Waals surface area (Å²) >= 11 is 0. The third-order valence-corrected chi connectivity index (χ3v) is 2.47. The molecule has 64 valence electrons. The highest BCUT2D eigenvalue weighted by molar-refractivity contribution is 5.57. The van der Waals surface area contributed by atoms with Gasteiger partial charge >= 0.3 is 0 Å². The molecule has 0 aromatic rings. The molecule has 1 aliphatic rings. The van der Waals surface area contributed by atoms with Gasteiger partial charge in [0.25, 0.3) is 0 Å². The second-order valence-corrected chi connectivity index (χ2v) is 4.30. The highest BCUT2D eigenvalue weighted by Crippen LogP contribution is 2.23. The number of nitrogens with zero attached hydrogens (tertiary/aromatic N) is 2. The van der Waals surface area contributed by atoms with Gasteiger partial charge in [-0.25, -0.2) is 0 Å². The van der Waals surface area contributed by atoms with Crippen molar-refractivity contribution in [2.24, 2.45) is 10.4 Å². The van der Waals surface area contributed by atoms with Crippen LogP contribution in [0.4, 0.5) is 0 Å². The average Bonchev–Trinajstić information content (AvgIpc) is 2.34. The zero-order valence-electron chi connectivity index (χ0n) is 7.96. The van der Waals surface area contributed by atoms with E-state index in [9.17, 15) is 0 Å². The average molecular weight is 154 g/mol. The molecule has 0 bridgehead atoms. The maximum atomic E-state index is 4.20. The molecule has 2 nitrogen and oxygen atoms in total. The van der Waals surface area contributed by atoms with Crippen molar-refractivity contribution in [1.82, 2.24) is 4.90 Å². The first-order chi connectivity index (χ1) is 5.02. The Kier molecular flexibility index (Phi) is 2.21. The molecule has 1 aliphatic heterocycles. The van der Waals surface area contributed by atoms with Crippen LogP contribution in [-0.2, 0) is 0 Å². The van der Waals surface area contributed by atoms with Crippen LogP contribution in [0.15, 0.2) is 4.99 Å². The Morgan fingerprint density at radius 1 is 1.45 bits per heavy atom. The number of aliphatic imine (C=N–C) groups is 1. The van der Waals surface area contributed by atoms with Crippen molar-refractivity contribution in [3.8, 4) is 0 Å². The molecule has 0 N–H and O–H groups in total. The quantitative estimate of drug-likeness (QED) is 0.562. The summed E-state index contributed by atoms with van der Waals surface area (Å²) in [6, 6.07) is 0.591. The maximum absolute atomic E-state index is 4.20. The molecule has 0 aliphatic carbocycles. The van der Waals surface area contributed by atoms with Gasteiger partial charge in [-0.1, -0.05) is 20.8 Å². The van der Waals surface area contributed by atoms with E-state index >= 15 is 0 Å². The first-order valence-electron chi connectivity index (χ1n) is 4.27. The van der Waals surface area contributed by atoms with E-state index in [2.05, 4.69) is 37.6 Å². The Morgan fingerprint density at radius 2 is 2.09 bits per heavy atom. The van der Waals surface area contributed by atoms with E-state index in [1.165, 1.54) is 0 Å². The van der Waals surface area contributed by atoms with E-state index in [1.807, 2.05) is 6.34 Å². The molecule has 0 unspecified atom stereocenters. The molecule has 1 rings (SSSR count). The highest BCUT2D eigenvalue weighted by Gasteiger charge is 2.25. The summed E-state index contributed by atoms with van der Waals surface area (Å²) in [5.74, 6) is 0. The molecule has 0 spiro atoms. The minimum absolute atomic E-state index is 0.358. The smallest absolute Gasteiger partial charge is 0.0853 e. The molecular formula is C9H18N2. The Labute approximate surface area is 69.3 Å². The van der Waals surface area contributed by atoms with E-state index < -0.39 is 0 Å². The van der Waals surface area contributed by atoms with E-state index in [4.69, 9.17) is 0 Å². The highest BCUT2D eigenvalue weighted by atomic mass is 15.2. The fourth-order valence-electron chi connectivity index (χ4n) is 1.18. The Hall–Kier alpha value is -0.530. The Bertz CT molecular complexity index is 155. The fourth-order valence-corrected chi connectivity index (χ4v) is 1.18. The van der Waals surface area contributed by atoms with E-state index in [-0.39, 0.29) is 0 Å². The molecule has 0 radical (unpaired) electrons. The number of hydrogen-bond acceptors (Lipinski definition) is 2. The van der Waals surface area contributed by atoms with Crippen molar-refractivity contribution >= 4 is 6.34 Å². The van der Waals surface area contributed by atoms with Gasteiger partial charge in [-0.3, -0.25) is 4.99 Å². The van der Waals surface area contributed by atoms with Crippen LogP contribution in [0.3, 0.4) is 0 Å². The van der Waals surface area contributed by atoms with Crippen LogP contribution in [0.5, 0.6) is 0 Å². The lowest BCUT2D eigenvalue weighted by Gasteiger charge is -2.34. The second kappa shape index (κ2) is 2.84. The summed E-state index contributed by atoms with van der Waals surface area (Å²) in [5.41, 5.74) is 0.358. The van der Waals surface area contributed by atoms with Gasteiger partial charge in [0, 0.05) is 12.6 Å². The van der Waals surface area contributed by atoms with E-state index in [0.29, 0.717) is 11.5 Å². The van der Waals surface area contributed by atoms with Gasteiger partial charge in [0.05, 0.1) is 12.9 Å². The monoisotopic (exact) mass is 154 g/mol. The molecule has 0 saturated heterocycles. The molecule has 0 aromatic carbocycles. The van der Waals surface area contributed by atoms with Gasteiger partial charge in [0.15, 0.2) is 0 Å². The van der Waals surface area contributed by atoms with Gasteiger partial charge in [-0.15, -0.1) is 0 Å². The van der Waals surface area contributed by atoms with Crippen LogP contribution in [0, 0.1) is 5.41 Å². The van der Waals surface area contributed by atoms with Crippen LogP contribution in [-0.4, -0.2) is 30.4 Å². The molecule has 1 atom stereocenters. The molecule has 1 heterocycles. The minimum atomic E-state index is 0.358. The van der Waals surface area contributed by atoms with Crippen molar-refractivity contribution in [1.29, 1.82) is 0 Å². The lowest BCUT2D eigenvalue weighted by Crippen LogP contribution is -2.39. The normalized spacial score (nSPS) is 20.9. The lowest BCUT2D eigenvalue weighted by atomic mass is 9.87. The van der Waals surface area contributed by atoms with Gasteiger partial charge in [-0.2, -0.15) is 0 Å². The van der Waals surface area contributed by atoms with Crippen molar-refractivity contribution < 1.29 is 0 Å². The second-order valence-electron chi connectivity index (χ2n) is 4.30. The van der Waals surface area contributed by atoms with Gasteiger partial charge in [0.1, 0.15) is 0 Å². The lowest BCUT2D eigenvalue weighted by molar-refractivity contribution is 0.199. The Morgan fingerprint density at radius 3 is 2.45 bits per heavy atom. The first-order valence-corrected chi connectivity index (χ1v) is 4.27. The summed E-state index contributed by atoms with van der Waals surface area (Å²) in [6.07, 6.45) is 1.98. The van der Waals surface area contributed by atoms with E-state index in [1.54, 1.807) is 0 Å². The van der Waals surface area contributed by atoms with Crippen molar-refractivity contribution in [3.63, 3.8) is 0 Å². The number of rotatable bonds is 1. The molecule has 0 fully saturated rings. The first kappa shape index (κ1) is 8.57. The molecule has 0 amide bonds. The Balaban J connectivity index is 2.53. The van der Waals surface area contributed by atoms with Gasteiger partial charge in [0.2, 0.25) is 0 Å². The third kappa shape index (κ3) is 1.95. The van der Waals surface area contributed by atoms with Gasteiger partial charge in [-0.05, 0) is 12.3 Å². The zero-order valence-corrected chi connectivity index (χ0v) is 7.96. The van der Waals surface area contributed by atoms with Gasteiger partial charge < -0.3 is 4.90 Å². The molecular weight excluding hydrogens is 136 g/mol. The minimum Gasteiger partial charge on any atom is -0.358 e. The van der Waals surface area contributed by atoms with Crippen LogP contribution in [0.25, 0.3) is 0 Å². The van der Waals surface area contributed by atoms with E-state index in [0.717, 1.165) is 13.1 Å². The molecule has 11 heavy (non-hydrogen) atoms. The number of hydrogen-bond donors (Lipinski definition) is 0. The summed E-state index contributed by atoms with van der Waals surface area (Å²) in [5, 5.41) is 0.